The van der Waals surface area contributed by atoms with E-state index in [9.17, 15) is 22.0 Å². The molecule has 0 aliphatic carbocycles. The lowest BCUT2D eigenvalue weighted by Gasteiger charge is -2.27. The molecule has 0 spiro atoms. The first-order chi connectivity index (χ1) is 9.34. The average Bonchev–Trinajstić information content (AvgIpc) is 2.39. The number of hydrogen-bond acceptors (Lipinski definition) is 2. The van der Waals surface area contributed by atoms with Crippen molar-refractivity contribution >= 4 is 0 Å². The SMILES string of the molecule is CCCNC(c1ccc(OC)c(F)c1)C(F)(F)C(F)F. The normalized spacial score (nSPS) is 13.6. The highest BCUT2D eigenvalue weighted by Crippen LogP contribution is 2.37. The first-order valence-electron chi connectivity index (χ1n) is 6.07. The molecular formula is C13H16F5NO. The van der Waals surface area contributed by atoms with E-state index in [1.54, 1.807) is 6.92 Å². The topological polar surface area (TPSA) is 21.3 Å². The summed E-state index contributed by atoms with van der Waals surface area (Å²) in [7, 11) is 1.22. The summed E-state index contributed by atoms with van der Waals surface area (Å²) in [6, 6.07) is 1.10. The van der Waals surface area contributed by atoms with E-state index in [1.165, 1.54) is 7.11 Å². The summed E-state index contributed by atoms with van der Waals surface area (Å²) < 4.78 is 70.4. The van der Waals surface area contributed by atoms with Gasteiger partial charge in [-0.25, -0.2) is 13.2 Å². The van der Waals surface area contributed by atoms with Crippen LogP contribution in [0.4, 0.5) is 22.0 Å². The van der Waals surface area contributed by atoms with Gasteiger partial charge in [0, 0.05) is 0 Å². The Labute approximate surface area is 113 Å². The molecule has 1 N–H and O–H groups in total. The molecule has 2 nitrogen and oxygen atoms in total. The zero-order chi connectivity index (χ0) is 15.3. The van der Waals surface area contributed by atoms with Crippen molar-refractivity contribution in [2.24, 2.45) is 0 Å². The van der Waals surface area contributed by atoms with Gasteiger partial charge in [-0.05, 0) is 30.7 Å². The quantitative estimate of drug-likeness (QED) is 0.773. The van der Waals surface area contributed by atoms with E-state index >= 15 is 0 Å². The van der Waals surface area contributed by atoms with E-state index in [4.69, 9.17) is 0 Å². The number of alkyl halides is 4. The lowest BCUT2D eigenvalue weighted by molar-refractivity contribution is -0.151. The third-order valence-electron chi connectivity index (χ3n) is 2.78. The number of methoxy groups -OCH3 is 1. The van der Waals surface area contributed by atoms with Crippen LogP contribution in [-0.4, -0.2) is 26.0 Å². The van der Waals surface area contributed by atoms with Crippen LogP contribution in [0.2, 0.25) is 0 Å². The Balaban J connectivity index is 3.13. The minimum Gasteiger partial charge on any atom is -0.494 e. The van der Waals surface area contributed by atoms with E-state index < -0.39 is 24.2 Å². The van der Waals surface area contributed by atoms with Gasteiger partial charge in [-0.1, -0.05) is 13.0 Å². The van der Waals surface area contributed by atoms with Crippen LogP contribution in [0.1, 0.15) is 24.9 Å². The number of hydrogen-bond donors (Lipinski definition) is 1. The van der Waals surface area contributed by atoms with Crippen LogP contribution >= 0.6 is 0 Å². The molecule has 0 fully saturated rings. The third kappa shape index (κ3) is 3.59. The molecular weight excluding hydrogens is 281 g/mol. The maximum Gasteiger partial charge on any atom is 0.326 e. The van der Waals surface area contributed by atoms with Crippen LogP contribution in [-0.2, 0) is 0 Å². The minimum atomic E-state index is -4.30. The van der Waals surface area contributed by atoms with Gasteiger partial charge < -0.3 is 10.1 Å². The minimum absolute atomic E-state index is 0.112. The molecule has 0 aliphatic rings. The second-order valence-electron chi connectivity index (χ2n) is 4.26. The highest BCUT2D eigenvalue weighted by atomic mass is 19.3. The van der Waals surface area contributed by atoms with Crippen molar-refractivity contribution < 1.29 is 26.7 Å². The Bertz CT molecular complexity index is 439. The average molecular weight is 297 g/mol. The maximum absolute atomic E-state index is 13.6. The zero-order valence-electron chi connectivity index (χ0n) is 11.1. The fourth-order valence-corrected chi connectivity index (χ4v) is 1.75. The summed E-state index contributed by atoms with van der Waals surface area (Å²) in [5.74, 6) is -5.31. The Morgan fingerprint density at radius 2 is 1.95 bits per heavy atom. The first-order valence-corrected chi connectivity index (χ1v) is 6.07. The van der Waals surface area contributed by atoms with E-state index in [0.29, 0.717) is 6.42 Å². The molecule has 20 heavy (non-hydrogen) atoms. The molecule has 0 aliphatic heterocycles. The second kappa shape index (κ2) is 6.88. The van der Waals surface area contributed by atoms with E-state index in [2.05, 4.69) is 10.1 Å². The van der Waals surface area contributed by atoms with Crippen molar-refractivity contribution in [3.8, 4) is 5.75 Å². The lowest BCUT2D eigenvalue weighted by Crippen LogP contribution is -2.42. The summed E-state index contributed by atoms with van der Waals surface area (Å²) in [5, 5.41) is 2.33. The van der Waals surface area contributed by atoms with Gasteiger partial charge in [-0.15, -0.1) is 0 Å². The van der Waals surface area contributed by atoms with Gasteiger partial charge in [-0.3, -0.25) is 0 Å². The van der Waals surface area contributed by atoms with Gasteiger partial charge in [-0.2, -0.15) is 8.78 Å². The number of ether oxygens (including phenoxy) is 1. The fourth-order valence-electron chi connectivity index (χ4n) is 1.75. The highest BCUT2D eigenvalue weighted by molar-refractivity contribution is 5.32. The lowest BCUT2D eigenvalue weighted by atomic mass is 10.00. The van der Waals surface area contributed by atoms with Gasteiger partial charge in [0.05, 0.1) is 7.11 Å². The number of rotatable bonds is 7. The Kier molecular flexibility index (Phi) is 5.74. The molecule has 1 unspecified atom stereocenters. The van der Waals surface area contributed by atoms with Crippen molar-refractivity contribution in [2.45, 2.75) is 31.7 Å². The van der Waals surface area contributed by atoms with Crippen LogP contribution in [0.15, 0.2) is 18.2 Å². The molecule has 1 aromatic rings. The molecule has 0 aromatic heterocycles. The van der Waals surface area contributed by atoms with Gasteiger partial charge in [0.25, 0.3) is 0 Å². The molecule has 1 aromatic carbocycles. The largest absolute Gasteiger partial charge is 0.494 e. The van der Waals surface area contributed by atoms with Crippen LogP contribution < -0.4 is 10.1 Å². The number of benzene rings is 1. The van der Waals surface area contributed by atoms with Crippen molar-refractivity contribution in [3.63, 3.8) is 0 Å². The summed E-state index contributed by atoms with van der Waals surface area (Å²) in [6.07, 6.45) is -3.36. The second-order valence-corrected chi connectivity index (χ2v) is 4.26. The van der Waals surface area contributed by atoms with Crippen LogP contribution in [0, 0.1) is 5.82 Å². The van der Waals surface area contributed by atoms with Crippen molar-refractivity contribution in [2.75, 3.05) is 13.7 Å². The van der Waals surface area contributed by atoms with Gasteiger partial charge in [0.2, 0.25) is 0 Å². The van der Waals surface area contributed by atoms with E-state index in [0.717, 1.165) is 18.2 Å². The zero-order valence-corrected chi connectivity index (χ0v) is 11.1. The Morgan fingerprint density at radius 3 is 2.40 bits per heavy atom. The standard InChI is InChI=1S/C13H16F5NO/c1-3-6-19-11(13(17,18)12(15)16)8-4-5-10(20-2)9(14)7-8/h4-5,7,11-12,19H,3,6H2,1-2H3. The third-order valence-corrected chi connectivity index (χ3v) is 2.78. The highest BCUT2D eigenvalue weighted by Gasteiger charge is 2.49. The van der Waals surface area contributed by atoms with Crippen LogP contribution in [0.5, 0.6) is 5.75 Å². The molecule has 1 rings (SSSR count). The van der Waals surface area contributed by atoms with E-state index in [-0.39, 0.29) is 17.9 Å². The van der Waals surface area contributed by atoms with Gasteiger partial charge >= 0.3 is 12.3 Å². The molecule has 0 heterocycles. The summed E-state index contributed by atoms with van der Waals surface area (Å²) in [5.41, 5.74) is -0.248. The van der Waals surface area contributed by atoms with Gasteiger partial charge in [0.15, 0.2) is 11.6 Å². The smallest absolute Gasteiger partial charge is 0.326 e. The predicted octanol–water partition coefficient (Wildman–Crippen LogP) is 3.78. The molecule has 0 radical (unpaired) electrons. The molecule has 0 bridgehead atoms. The van der Waals surface area contributed by atoms with Crippen molar-refractivity contribution in [1.29, 1.82) is 0 Å². The van der Waals surface area contributed by atoms with Gasteiger partial charge in [0.1, 0.15) is 6.04 Å². The predicted molar refractivity (Wildman–Crippen MR) is 64.9 cm³/mol. The van der Waals surface area contributed by atoms with Crippen molar-refractivity contribution in [3.05, 3.63) is 29.6 Å². The first kappa shape index (κ1) is 16.7. The fraction of sp³-hybridized carbons (Fsp3) is 0.538. The number of nitrogens with one attached hydrogen (secondary N) is 1. The molecule has 1 atom stereocenters. The number of halogens is 5. The molecule has 0 saturated carbocycles. The van der Waals surface area contributed by atoms with Crippen LogP contribution in [0.25, 0.3) is 0 Å². The monoisotopic (exact) mass is 297 g/mol. The molecule has 7 heteroatoms. The van der Waals surface area contributed by atoms with Crippen molar-refractivity contribution in [1.82, 2.24) is 5.32 Å². The van der Waals surface area contributed by atoms with E-state index in [1.807, 2.05) is 0 Å². The summed E-state index contributed by atoms with van der Waals surface area (Å²) in [6.45, 7) is 1.82. The maximum atomic E-state index is 13.6. The molecule has 114 valence electrons. The Morgan fingerprint density at radius 1 is 1.30 bits per heavy atom. The van der Waals surface area contributed by atoms with Crippen LogP contribution in [0.3, 0.4) is 0 Å². The molecule has 0 saturated heterocycles. The molecule has 0 amide bonds. The summed E-state index contributed by atoms with van der Waals surface area (Å²) >= 11 is 0. The summed E-state index contributed by atoms with van der Waals surface area (Å²) in [4.78, 5) is 0. The Hall–Kier alpha value is -1.37.